The van der Waals surface area contributed by atoms with Gasteiger partial charge in [0.05, 0.1) is 12.0 Å². The fraction of sp³-hybridized carbons (Fsp3) is 0.231. The fourth-order valence-electron chi connectivity index (χ4n) is 1.30. The van der Waals surface area contributed by atoms with Gasteiger partial charge in [-0.15, -0.1) is 0 Å². The van der Waals surface area contributed by atoms with E-state index >= 15 is 0 Å². The zero-order valence-corrected chi connectivity index (χ0v) is 11.2. The van der Waals surface area contributed by atoms with Crippen LogP contribution in [0.25, 0.3) is 0 Å². The molecule has 0 aliphatic rings. The summed E-state index contributed by atoms with van der Waals surface area (Å²) in [5, 5.41) is 13.5. The van der Waals surface area contributed by atoms with Gasteiger partial charge in [0.1, 0.15) is 11.4 Å². The minimum absolute atomic E-state index is 0.392. The third-order valence-electron chi connectivity index (χ3n) is 2.18. The Morgan fingerprint density at radius 1 is 1.37 bits per heavy atom. The van der Waals surface area contributed by atoms with Crippen LogP contribution in [-0.2, 0) is 0 Å². The average Bonchev–Trinajstić information content (AvgIpc) is 2.36. The van der Waals surface area contributed by atoms with Crippen molar-refractivity contribution in [1.29, 1.82) is 0 Å². The molecular formula is C13H17N3O3. The first-order valence-electron chi connectivity index (χ1n) is 5.62. The van der Waals surface area contributed by atoms with E-state index in [1.807, 2.05) is 14.1 Å². The number of nitro groups is 1. The number of benzene rings is 1. The summed E-state index contributed by atoms with van der Waals surface area (Å²) in [5.41, 5.74) is 1.14. The molecule has 1 aromatic rings. The van der Waals surface area contributed by atoms with Crippen LogP contribution in [0.1, 0.15) is 0 Å². The van der Waals surface area contributed by atoms with Crippen LogP contribution in [-0.4, -0.2) is 31.0 Å². The highest BCUT2D eigenvalue weighted by Crippen LogP contribution is 2.16. The molecule has 0 saturated heterocycles. The van der Waals surface area contributed by atoms with E-state index in [0.717, 1.165) is 17.6 Å². The van der Waals surface area contributed by atoms with Crippen molar-refractivity contribution in [2.45, 2.75) is 0 Å². The number of nitrogens with one attached hydrogen (secondary N) is 1. The molecule has 6 heteroatoms. The number of anilines is 1. The first-order chi connectivity index (χ1) is 9.01. The molecule has 0 spiro atoms. The van der Waals surface area contributed by atoms with Crippen LogP contribution in [0.3, 0.4) is 0 Å². The maximum atomic E-state index is 10.6. The Hall–Kier alpha value is -2.50. The van der Waals surface area contributed by atoms with Crippen LogP contribution in [0.2, 0.25) is 0 Å². The highest BCUT2D eigenvalue weighted by molar-refractivity contribution is 5.52. The molecule has 1 aromatic carbocycles. The predicted octanol–water partition coefficient (Wildman–Crippen LogP) is 2.30. The van der Waals surface area contributed by atoms with Crippen molar-refractivity contribution < 1.29 is 9.66 Å². The molecule has 0 heterocycles. The standard InChI is InChI=1S/C13H17N3O3/c1-15(2)9-8-12(10-16(17)18)14-11-4-6-13(19-3)7-5-11/h4-10,14H,1-3H3. The molecule has 0 aliphatic heterocycles. The Labute approximate surface area is 112 Å². The summed E-state index contributed by atoms with van der Waals surface area (Å²) in [6, 6.07) is 7.13. The van der Waals surface area contributed by atoms with Gasteiger partial charge in [0.2, 0.25) is 0 Å². The van der Waals surface area contributed by atoms with E-state index in [2.05, 4.69) is 5.32 Å². The lowest BCUT2D eigenvalue weighted by Crippen LogP contribution is -2.04. The second kappa shape index (κ2) is 7.05. The van der Waals surface area contributed by atoms with Crippen molar-refractivity contribution in [3.05, 3.63) is 58.6 Å². The van der Waals surface area contributed by atoms with Gasteiger partial charge in [-0.25, -0.2) is 0 Å². The van der Waals surface area contributed by atoms with E-state index in [9.17, 15) is 10.1 Å². The van der Waals surface area contributed by atoms with Crippen LogP contribution in [0, 0.1) is 10.1 Å². The molecule has 1 N–H and O–H groups in total. The number of rotatable bonds is 6. The molecule has 0 atom stereocenters. The first-order valence-corrected chi connectivity index (χ1v) is 5.62. The second-order valence-electron chi connectivity index (χ2n) is 4.00. The van der Waals surface area contributed by atoms with Gasteiger partial charge in [-0.2, -0.15) is 0 Å². The molecule has 0 radical (unpaired) electrons. The van der Waals surface area contributed by atoms with E-state index in [1.54, 1.807) is 48.6 Å². The SMILES string of the molecule is COc1ccc(NC(C=CN(C)C)=C[N+](=O)[O-])cc1. The third-order valence-corrected chi connectivity index (χ3v) is 2.18. The molecule has 0 unspecified atom stereocenters. The van der Waals surface area contributed by atoms with Gasteiger partial charge in [-0.05, 0) is 30.3 Å². The van der Waals surface area contributed by atoms with Crippen LogP contribution in [0.15, 0.2) is 48.4 Å². The Bertz CT molecular complexity index is 478. The molecule has 0 aromatic heterocycles. The molecule has 0 fully saturated rings. The lowest BCUT2D eigenvalue weighted by molar-refractivity contribution is -0.403. The summed E-state index contributed by atoms with van der Waals surface area (Å²) in [6.07, 6.45) is 4.28. The van der Waals surface area contributed by atoms with E-state index in [1.165, 1.54) is 0 Å². The number of nitrogens with zero attached hydrogens (tertiary/aromatic N) is 2. The Morgan fingerprint density at radius 3 is 2.47 bits per heavy atom. The van der Waals surface area contributed by atoms with Crippen LogP contribution < -0.4 is 10.1 Å². The maximum Gasteiger partial charge on any atom is 0.257 e. The van der Waals surface area contributed by atoms with Crippen LogP contribution in [0.4, 0.5) is 5.69 Å². The lowest BCUT2D eigenvalue weighted by Gasteiger charge is -2.08. The summed E-state index contributed by atoms with van der Waals surface area (Å²) < 4.78 is 5.05. The van der Waals surface area contributed by atoms with Crippen molar-refractivity contribution in [2.24, 2.45) is 0 Å². The smallest absolute Gasteiger partial charge is 0.257 e. The van der Waals surface area contributed by atoms with Gasteiger partial charge in [0.25, 0.3) is 6.20 Å². The number of methoxy groups -OCH3 is 1. The quantitative estimate of drug-likeness (QED) is 0.484. The number of ether oxygens (including phenoxy) is 1. The predicted molar refractivity (Wildman–Crippen MR) is 74.5 cm³/mol. The van der Waals surface area contributed by atoms with Crippen molar-refractivity contribution in [1.82, 2.24) is 4.90 Å². The summed E-state index contributed by atoms with van der Waals surface area (Å²) in [5.74, 6) is 0.731. The van der Waals surface area contributed by atoms with Gasteiger partial charge in [-0.1, -0.05) is 0 Å². The highest BCUT2D eigenvalue weighted by Gasteiger charge is 2.01. The summed E-state index contributed by atoms with van der Waals surface area (Å²) in [6.45, 7) is 0. The first kappa shape index (κ1) is 14.6. The Balaban J connectivity index is 2.84. The molecule has 0 bridgehead atoms. The van der Waals surface area contributed by atoms with Gasteiger partial charge < -0.3 is 15.0 Å². The van der Waals surface area contributed by atoms with Gasteiger partial charge in [0.15, 0.2) is 0 Å². The zero-order chi connectivity index (χ0) is 14.3. The van der Waals surface area contributed by atoms with Crippen molar-refractivity contribution in [3.63, 3.8) is 0 Å². The van der Waals surface area contributed by atoms with Crippen molar-refractivity contribution in [3.8, 4) is 5.75 Å². The molecule has 102 valence electrons. The lowest BCUT2D eigenvalue weighted by atomic mass is 10.3. The minimum Gasteiger partial charge on any atom is -0.497 e. The summed E-state index contributed by atoms with van der Waals surface area (Å²) in [7, 11) is 5.27. The monoisotopic (exact) mass is 263 g/mol. The third kappa shape index (κ3) is 5.58. The van der Waals surface area contributed by atoms with Crippen molar-refractivity contribution >= 4 is 5.69 Å². The van der Waals surface area contributed by atoms with Gasteiger partial charge in [-0.3, -0.25) is 10.1 Å². The molecule has 0 amide bonds. The fourth-order valence-corrected chi connectivity index (χ4v) is 1.30. The highest BCUT2D eigenvalue weighted by atomic mass is 16.6. The van der Waals surface area contributed by atoms with Crippen LogP contribution in [0.5, 0.6) is 5.75 Å². The zero-order valence-electron chi connectivity index (χ0n) is 11.2. The summed E-state index contributed by atoms with van der Waals surface area (Å²) in [4.78, 5) is 11.9. The maximum absolute atomic E-state index is 10.6. The summed E-state index contributed by atoms with van der Waals surface area (Å²) >= 11 is 0. The van der Waals surface area contributed by atoms with Crippen LogP contribution >= 0.6 is 0 Å². The molecular weight excluding hydrogens is 246 g/mol. The minimum atomic E-state index is -0.494. The van der Waals surface area contributed by atoms with E-state index in [0.29, 0.717) is 5.70 Å². The second-order valence-corrected chi connectivity index (χ2v) is 4.00. The van der Waals surface area contributed by atoms with Gasteiger partial charge in [0, 0.05) is 26.0 Å². The topological polar surface area (TPSA) is 67.6 Å². The Kier molecular flexibility index (Phi) is 5.40. The Morgan fingerprint density at radius 2 is 2.00 bits per heavy atom. The number of hydrogen-bond acceptors (Lipinski definition) is 5. The number of hydrogen-bond donors (Lipinski definition) is 1. The van der Waals surface area contributed by atoms with E-state index in [4.69, 9.17) is 4.74 Å². The molecule has 1 rings (SSSR count). The largest absolute Gasteiger partial charge is 0.497 e. The molecule has 19 heavy (non-hydrogen) atoms. The van der Waals surface area contributed by atoms with E-state index in [-0.39, 0.29) is 0 Å². The normalized spacial score (nSPS) is 11.4. The molecule has 0 aliphatic carbocycles. The number of allylic oxidation sites excluding steroid dienone is 1. The molecule has 6 nitrogen and oxygen atoms in total. The molecule has 0 saturated carbocycles. The van der Waals surface area contributed by atoms with Gasteiger partial charge >= 0.3 is 0 Å². The van der Waals surface area contributed by atoms with Crippen molar-refractivity contribution in [2.75, 3.05) is 26.5 Å². The van der Waals surface area contributed by atoms with E-state index < -0.39 is 4.92 Å². The average molecular weight is 263 g/mol.